The summed E-state index contributed by atoms with van der Waals surface area (Å²) >= 11 is 0. The van der Waals surface area contributed by atoms with Crippen molar-refractivity contribution in [3.8, 4) is 0 Å². The lowest BCUT2D eigenvalue weighted by Gasteiger charge is -2.37. The van der Waals surface area contributed by atoms with Crippen molar-refractivity contribution < 1.29 is 0 Å². The van der Waals surface area contributed by atoms with E-state index in [0.29, 0.717) is 5.84 Å². The maximum atomic E-state index is 8.49. The van der Waals surface area contributed by atoms with Crippen molar-refractivity contribution in [1.29, 1.82) is 5.41 Å². The van der Waals surface area contributed by atoms with Gasteiger partial charge in [-0.1, -0.05) is 36.9 Å². The predicted octanol–water partition coefficient (Wildman–Crippen LogP) is 3.07. The molecule has 2 heterocycles. The lowest BCUT2D eigenvalue weighted by atomic mass is 10.0. The highest BCUT2D eigenvalue weighted by Crippen LogP contribution is 2.17. The zero-order valence-electron chi connectivity index (χ0n) is 14.8. The van der Waals surface area contributed by atoms with Crippen LogP contribution in [0.3, 0.4) is 0 Å². The third kappa shape index (κ3) is 4.24. The molecule has 1 aromatic carbocycles. The van der Waals surface area contributed by atoms with Gasteiger partial charge in [0.2, 0.25) is 5.96 Å². The molecule has 5 nitrogen and oxygen atoms in total. The molecule has 0 aromatic heterocycles. The molecule has 0 atom stereocenters. The Bertz CT molecular complexity index is 722. The van der Waals surface area contributed by atoms with Crippen LogP contribution in [0.4, 0.5) is 0 Å². The Balaban J connectivity index is 1.58. The van der Waals surface area contributed by atoms with Crippen molar-refractivity contribution in [2.24, 2.45) is 9.98 Å². The smallest absolute Gasteiger partial charge is 0.220 e. The molecule has 2 aliphatic heterocycles. The van der Waals surface area contributed by atoms with Gasteiger partial charge >= 0.3 is 0 Å². The van der Waals surface area contributed by atoms with E-state index in [1.54, 1.807) is 0 Å². The molecular weight excluding hydrogens is 310 g/mol. The number of guanidine groups is 1. The van der Waals surface area contributed by atoms with Crippen molar-refractivity contribution in [3.05, 3.63) is 54.1 Å². The van der Waals surface area contributed by atoms with Gasteiger partial charge in [0.05, 0.1) is 0 Å². The first-order valence-corrected chi connectivity index (χ1v) is 8.73. The summed E-state index contributed by atoms with van der Waals surface area (Å²) in [5.41, 5.74) is 2.97. The van der Waals surface area contributed by atoms with Crippen LogP contribution in [0.25, 0.3) is 5.57 Å². The highest BCUT2D eigenvalue weighted by Gasteiger charge is 2.22. The molecule has 0 saturated carbocycles. The molecule has 0 bridgehead atoms. The highest BCUT2D eigenvalue weighted by atomic mass is 15.3. The van der Waals surface area contributed by atoms with Gasteiger partial charge < -0.3 is 9.80 Å². The quantitative estimate of drug-likeness (QED) is 0.524. The minimum Gasteiger partial charge on any atom is -0.353 e. The van der Waals surface area contributed by atoms with Gasteiger partial charge in [0.1, 0.15) is 5.84 Å². The van der Waals surface area contributed by atoms with Crippen LogP contribution in [0.5, 0.6) is 0 Å². The number of nitrogens with one attached hydrogen (secondary N) is 1. The number of amidine groups is 1. The SMILES string of the molecule is C=C(/C=C(/C)C(=N)N1CCN(C2=NCCC=N2)CC1)c1ccccc1. The Morgan fingerprint density at radius 1 is 1.16 bits per heavy atom. The monoisotopic (exact) mass is 335 g/mol. The van der Waals surface area contributed by atoms with E-state index in [0.717, 1.165) is 61.8 Å². The second kappa shape index (κ2) is 7.92. The summed E-state index contributed by atoms with van der Waals surface area (Å²) in [7, 11) is 0. The van der Waals surface area contributed by atoms with E-state index < -0.39 is 0 Å². The number of aliphatic imine (C=N–C) groups is 2. The van der Waals surface area contributed by atoms with Crippen LogP contribution in [-0.4, -0.2) is 60.5 Å². The van der Waals surface area contributed by atoms with E-state index >= 15 is 0 Å². The van der Waals surface area contributed by atoms with Gasteiger partial charge in [-0.3, -0.25) is 10.4 Å². The molecule has 130 valence electrons. The first-order chi connectivity index (χ1) is 12.1. The van der Waals surface area contributed by atoms with Crippen LogP contribution in [0.1, 0.15) is 18.9 Å². The fourth-order valence-corrected chi connectivity index (χ4v) is 3.04. The summed E-state index contributed by atoms with van der Waals surface area (Å²) < 4.78 is 0. The van der Waals surface area contributed by atoms with E-state index in [1.165, 1.54) is 0 Å². The molecule has 3 rings (SSSR count). The molecular formula is C20H25N5. The molecule has 25 heavy (non-hydrogen) atoms. The second-order valence-electron chi connectivity index (χ2n) is 6.32. The zero-order chi connectivity index (χ0) is 17.6. The number of rotatable bonds is 3. The van der Waals surface area contributed by atoms with Gasteiger partial charge in [-0.2, -0.15) is 0 Å². The van der Waals surface area contributed by atoms with Crippen LogP contribution in [0.2, 0.25) is 0 Å². The minimum atomic E-state index is 0.575. The van der Waals surface area contributed by atoms with Gasteiger partial charge in [-0.15, -0.1) is 0 Å². The lowest BCUT2D eigenvalue weighted by Crippen LogP contribution is -2.50. The average molecular weight is 335 g/mol. The molecule has 0 amide bonds. The number of nitrogens with zero attached hydrogens (tertiary/aromatic N) is 4. The van der Waals surface area contributed by atoms with Gasteiger partial charge in [-0.05, 0) is 29.7 Å². The third-order valence-corrected chi connectivity index (χ3v) is 4.51. The fraction of sp³-hybridized carbons (Fsp3) is 0.350. The normalized spacial score (nSPS) is 18.1. The molecule has 5 heteroatoms. The molecule has 2 aliphatic rings. The average Bonchev–Trinajstić information content (AvgIpc) is 2.69. The standard InChI is InChI=1S/C20H25N5/c1-16(18-7-4-3-5-8-18)15-17(2)19(21)24-11-13-25(14-12-24)20-22-9-6-10-23-20/h3-5,7-9,15,21H,1,6,10-14H2,2H3/b17-15-,21-19?. The molecule has 1 N–H and O–H groups in total. The van der Waals surface area contributed by atoms with Crippen LogP contribution in [0.15, 0.2) is 58.5 Å². The Kier molecular flexibility index (Phi) is 5.43. The summed E-state index contributed by atoms with van der Waals surface area (Å²) in [5, 5.41) is 8.49. The fourth-order valence-electron chi connectivity index (χ4n) is 3.04. The van der Waals surface area contributed by atoms with Crippen LogP contribution >= 0.6 is 0 Å². The van der Waals surface area contributed by atoms with Gasteiger partial charge in [0, 0.05) is 45.4 Å². The number of benzene rings is 1. The lowest BCUT2D eigenvalue weighted by molar-refractivity contribution is 0.255. The van der Waals surface area contributed by atoms with Crippen LogP contribution < -0.4 is 0 Å². The number of hydrogen-bond acceptors (Lipinski definition) is 4. The van der Waals surface area contributed by atoms with E-state index in [9.17, 15) is 0 Å². The predicted molar refractivity (Wildman–Crippen MR) is 106 cm³/mol. The highest BCUT2D eigenvalue weighted by molar-refractivity contribution is 5.98. The number of allylic oxidation sites excluding steroid dienone is 2. The number of hydrogen-bond donors (Lipinski definition) is 1. The molecule has 0 spiro atoms. The van der Waals surface area contributed by atoms with E-state index in [1.807, 2.05) is 49.5 Å². The first kappa shape index (κ1) is 17.1. The maximum Gasteiger partial charge on any atom is 0.220 e. The van der Waals surface area contributed by atoms with E-state index in [-0.39, 0.29) is 0 Å². The van der Waals surface area contributed by atoms with Crippen molar-refractivity contribution >= 4 is 23.6 Å². The Hall–Kier alpha value is -2.69. The maximum absolute atomic E-state index is 8.49. The van der Waals surface area contributed by atoms with Gasteiger partial charge in [0.25, 0.3) is 0 Å². The van der Waals surface area contributed by atoms with E-state index in [2.05, 4.69) is 26.4 Å². The molecule has 0 aliphatic carbocycles. The largest absolute Gasteiger partial charge is 0.353 e. The summed E-state index contributed by atoms with van der Waals surface area (Å²) in [6, 6.07) is 10.1. The van der Waals surface area contributed by atoms with Crippen molar-refractivity contribution in [1.82, 2.24) is 9.80 Å². The van der Waals surface area contributed by atoms with Crippen LogP contribution in [-0.2, 0) is 0 Å². The molecule has 1 saturated heterocycles. The van der Waals surface area contributed by atoms with Gasteiger partial charge in [0.15, 0.2) is 0 Å². The Morgan fingerprint density at radius 2 is 1.88 bits per heavy atom. The summed E-state index contributed by atoms with van der Waals surface area (Å²) in [6.07, 6.45) is 4.88. The minimum absolute atomic E-state index is 0.575. The molecule has 1 aromatic rings. The van der Waals surface area contributed by atoms with E-state index in [4.69, 9.17) is 5.41 Å². The third-order valence-electron chi connectivity index (χ3n) is 4.51. The zero-order valence-corrected chi connectivity index (χ0v) is 14.8. The first-order valence-electron chi connectivity index (χ1n) is 8.73. The summed E-state index contributed by atoms with van der Waals surface area (Å²) in [6.45, 7) is 10.3. The van der Waals surface area contributed by atoms with Crippen molar-refractivity contribution in [2.75, 3.05) is 32.7 Å². The molecule has 0 radical (unpaired) electrons. The second-order valence-corrected chi connectivity index (χ2v) is 6.32. The number of piperazine rings is 1. The molecule has 1 fully saturated rings. The summed E-state index contributed by atoms with van der Waals surface area (Å²) in [4.78, 5) is 13.2. The Morgan fingerprint density at radius 3 is 2.52 bits per heavy atom. The van der Waals surface area contributed by atoms with Crippen molar-refractivity contribution in [2.45, 2.75) is 13.3 Å². The summed E-state index contributed by atoms with van der Waals surface area (Å²) in [5.74, 6) is 1.42. The topological polar surface area (TPSA) is 55.1 Å². The van der Waals surface area contributed by atoms with Crippen LogP contribution in [0, 0.1) is 5.41 Å². The Labute approximate surface area is 149 Å². The van der Waals surface area contributed by atoms with Gasteiger partial charge in [-0.25, -0.2) is 4.99 Å². The van der Waals surface area contributed by atoms with Crippen molar-refractivity contribution in [3.63, 3.8) is 0 Å². The molecule has 0 unspecified atom stereocenters.